The summed E-state index contributed by atoms with van der Waals surface area (Å²) in [6, 6.07) is 11.4. The predicted octanol–water partition coefficient (Wildman–Crippen LogP) is 4.85. The van der Waals surface area contributed by atoms with Crippen LogP contribution in [0.5, 0.6) is 0 Å². The van der Waals surface area contributed by atoms with E-state index in [1.807, 2.05) is 41.8 Å². The fourth-order valence-electron chi connectivity index (χ4n) is 1.88. The van der Waals surface area contributed by atoms with Crippen LogP contribution in [0.2, 0.25) is 0 Å². The minimum Gasteiger partial charge on any atom is -0.326 e. The zero-order valence-electron chi connectivity index (χ0n) is 12.5. The molecule has 0 saturated carbocycles. The van der Waals surface area contributed by atoms with E-state index < -0.39 is 0 Å². The molecule has 0 radical (unpaired) electrons. The molecule has 0 atom stereocenters. The third-order valence-corrected chi connectivity index (χ3v) is 4.95. The molecule has 0 aliphatic carbocycles. The molecular weight excluding hydrogens is 314 g/mol. The fourth-order valence-corrected chi connectivity index (χ4v) is 3.48. The van der Waals surface area contributed by atoms with Gasteiger partial charge in [0.1, 0.15) is 0 Å². The summed E-state index contributed by atoms with van der Waals surface area (Å²) in [5.74, 6) is 0.587. The molecule has 1 aromatic heterocycles. The Morgan fingerprint density at radius 1 is 1.23 bits per heavy atom. The van der Waals surface area contributed by atoms with Gasteiger partial charge in [-0.2, -0.15) is 0 Å². The number of ketones is 1. The second-order valence-electron chi connectivity index (χ2n) is 4.87. The van der Waals surface area contributed by atoms with Crippen molar-refractivity contribution in [1.82, 2.24) is 0 Å². The number of carbonyl (C=O) groups excluding carboxylic acids is 2. The highest BCUT2D eigenvalue weighted by molar-refractivity contribution is 8.00. The molecule has 0 spiro atoms. The monoisotopic (exact) mass is 333 g/mol. The van der Waals surface area contributed by atoms with Gasteiger partial charge in [-0.1, -0.05) is 25.5 Å². The number of benzene rings is 1. The van der Waals surface area contributed by atoms with Gasteiger partial charge in [-0.05, 0) is 36.1 Å². The number of anilines is 1. The highest BCUT2D eigenvalue weighted by Gasteiger charge is 2.08. The van der Waals surface area contributed by atoms with E-state index in [9.17, 15) is 9.59 Å². The first kappa shape index (κ1) is 16.8. The molecule has 5 heteroatoms. The fraction of sp³-hybridized carbons (Fsp3) is 0.294. The molecule has 0 unspecified atom stereocenters. The first-order chi connectivity index (χ1) is 10.7. The van der Waals surface area contributed by atoms with Crippen molar-refractivity contribution >= 4 is 40.5 Å². The molecule has 1 amide bonds. The number of thioether (sulfide) groups is 1. The van der Waals surface area contributed by atoms with Gasteiger partial charge in [0.05, 0.1) is 10.6 Å². The van der Waals surface area contributed by atoms with Crippen LogP contribution in [0.4, 0.5) is 5.69 Å². The highest BCUT2D eigenvalue weighted by atomic mass is 32.2. The van der Waals surface area contributed by atoms with Gasteiger partial charge >= 0.3 is 0 Å². The van der Waals surface area contributed by atoms with E-state index in [1.165, 1.54) is 23.1 Å². The van der Waals surface area contributed by atoms with Crippen molar-refractivity contribution in [1.29, 1.82) is 0 Å². The van der Waals surface area contributed by atoms with E-state index in [1.54, 1.807) is 0 Å². The Kier molecular flexibility index (Phi) is 6.68. The molecule has 3 nitrogen and oxygen atoms in total. The van der Waals surface area contributed by atoms with Gasteiger partial charge in [-0.25, -0.2) is 0 Å². The SMILES string of the molecule is CCCCC(=O)Nc1cccc(SCC(=O)c2cccs2)c1. The van der Waals surface area contributed by atoms with E-state index >= 15 is 0 Å². The molecule has 22 heavy (non-hydrogen) atoms. The number of carbonyl (C=O) groups is 2. The molecule has 2 rings (SSSR count). The Morgan fingerprint density at radius 2 is 2.09 bits per heavy atom. The lowest BCUT2D eigenvalue weighted by Crippen LogP contribution is -2.10. The van der Waals surface area contributed by atoms with Crippen LogP contribution in [0.25, 0.3) is 0 Å². The summed E-state index contributed by atoms with van der Waals surface area (Å²) in [6.45, 7) is 2.06. The van der Waals surface area contributed by atoms with E-state index in [-0.39, 0.29) is 11.7 Å². The minimum atomic E-state index is 0.0404. The first-order valence-electron chi connectivity index (χ1n) is 7.28. The Bertz CT molecular complexity index is 623. The predicted molar refractivity (Wildman–Crippen MR) is 94.0 cm³/mol. The van der Waals surface area contributed by atoms with E-state index in [2.05, 4.69) is 12.2 Å². The minimum absolute atomic E-state index is 0.0404. The van der Waals surface area contributed by atoms with Crippen molar-refractivity contribution < 1.29 is 9.59 Å². The Labute approximate surface area is 139 Å². The molecule has 0 bridgehead atoms. The lowest BCUT2D eigenvalue weighted by Gasteiger charge is -2.07. The second-order valence-corrected chi connectivity index (χ2v) is 6.87. The summed E-state index contributed by atoms with van der Waals surface area (Å²) in [4.78, 5) is 25.5. The number of rotatable bonds is 8. The standard InChI is InChI=1S/C17H19NO2S2/c1-2-3-9-17(20)18-13-6-4-7-14(11-13)22-12-15(19)16-8-5-10-21-16/h4-8,10-11H,2-3,9,12H2,1H3,(H,18,20). The average Bonchev–Trinajstić information content (AvgIpc) is 3.05. The van der Waals surface area contributed by atoms with Crippen LogP contribution >= 0.6 is 23.1 Å². The second kappa shape index (κ2) is 8.76. The summed E-state index contributed by atoms with van der Waals surface area (Å²) >= 11 is 2.96. The molecule has 116 valence electrons. The van der Waals surface area contributed by atoms with Gasteiger partial charge in [-0.15, -0.1) is 23.1 Å². The molecule has 0 aliphatic heterocycles. The van der Waals surface area contributed by atoms with Crippen molar-refractivity contribution in [2.75, 3.05) is 11.1 Å². The van der Waals surface area contributed by atoms with E-state index in [4.69, 9.17) is 0 Å². The van der Waals surface area contributed by atoms with Crippen LogP contribution in [0.1, 0.15) is 35.9 Å². The first-order valence-corrected chi connectivity index (χ1v) is 9.15. The van der Waals surface area contributed by atoms with Gasteiger partial charge in [0.15, 0.2) is 5.78 Å². The molecule has 0 fully saturated rings. The number of unbranched alkanes of at least 4 members (excludes halogenated alkanes) is 1. The molecular formula is C17H19NO2S2. The average molecular weight is 333 g/mol. The highest BCUT2D eigenvalue weighted by Crippen LogP contribution is 2.23. The lowest BCUT2D eigenvalue weighted by atomic mass is 10.2. The molecule has 0 saturated heterocycles. The maximum Gasteiger partial charge on any atom is 0.224 e. The van der Waals surface area contributed by atoms with Crippen molar-refractivity contribution in [2.24, 2.45) is 0 Å². The third-order valence-electron chi connectivity index (χ3n) is 3.04. The van der Waals surface area contributed by atoms with Crippen molar-refractivity contribution in [3.63, 3.8) is 0 Å². The number of nitrogens with one attached hydrogen (secondary N) is 1. The van der Waals surface area contributed by atoms with Crippen molar-refractivity contribution in [3.05, 3.63) is 46.7 Å². The smallest absolute Gasteiger partial charge is 0.224 e. The van der Waals surface area contributed by atoms with E-state index in [0.29, 0.717) is 12.2 Å². The maximum absolute atomic E-state index is 12.0. The summed E-state index contributed by atoms with van der Waals surface area (Å²) < 4.78 is 0. The topological polar surface area (TPSA) is 46.2 Å². The molecule has 0 aliphatic rings. The van der Waals surface area contributed by atoms with E-state index in [0.717, 1.165) is 28.3 Å². The number of hydrogen-bond donors (Lipinski definition) is 1. The van der Waals surface area contributed by atoms with Crippen LogP contribution < -0.4 is 5.32 Å². The van der Waals surface area contributed by atoms with Crippen LogP contribution in [0, 0.1) is 0 Å². The van der Waals surface area contributed by atoms with Crippen LogP contribution in [0.15, 0.2) is 46.7 Å². The number of Topliss-reactive ketones (excluding diaryl/α,β-unsaturated/α-hetero) is 1. The summed E-state index contributed by atoms with van der Waals surface area (Å²) in [6.07, 6.45) is 2.45. The summed E-state index contributed by atoms with van der Waals surface area (Å²) in [5, 5.41) is 4.80. The summed E-state index contributed by atoms with van der Waals surface area (Å²) in [7, 11) is 0. The van der Waals surface area contributed by atoms with Crippen LogP contribution in [-0.2, 0) is 4.79 Å². The zero-order valence-corrected chi connectivity index (χ0v) is 14.1. The van der Waals surface area contributed by atoms with Gasteiger partial charge < -0.3 is 5.32 Å². The van der Waals surface area contributed by atoms with Gasteiger partial charge in [0.25, 0.3) is 0 Å². The molecule has 1 aromatic carbocycles. The van der Waals surface area contributed by atoms with Crippen molar-refractivity contribution in [3.8, 4) is 0 Å². The van der Waals surface area contributed by atoms with Gasteiger partial charge in [-0.3, -0.25) is 9.59 Å². The quantitative estimate of drug-likeness (QED) is 0.555. The Morgan fingerprint density at radius 3 is 2.82 bits per heavy atom. The number of thiophene rings is 1. The molecule has 1 heterocycles. The maximum atomic E-state index is 12.0. The number of amides is 1. The van der Waals surface area contributed by atoms with Gasteiger partial charge in [0.2, 0.25) is 5.91 Å². The third kappa shape index (κ3) is 5.31. The van der Waals surface area contributed by atoms with Gasteiger partial charge in [0, 0.05) is 17.0 Å². The summed E-state index contributed by atoms with van der Waals surface area (Å²) in [5.41, 5.74) is 0.787. The lowest BCUT2D eigenvalue weighted by molar-refractivity contribution is -0.116. The number of hydrogen-bond acceptors (Lipinski definition) is 4. The molecule has 2 aromatic rings. The largest absolute Gasteiger partial charge is 0.326 e. The Balaban J connectivity index is 1.88. The van der Waals surface area contributed by atoms with Crippen LogP contribution in [0.3, 0.4) is 0 Å². The molecule has 1 N–H and O–H groups in total. The zero-order chi connectivity index (χ0) is 15.8. The normalized spacial score (nSPS) is 10.4. The van der Waals surface area contributed by atoms with Crippen molar-refractivity contribution in [2.45, 2.75) is 31.1 Å². The Hall–Kier alpha value is -1.59. The van der Waals surface area contributed by atoms with Crippen LogP contribution in [-0.4, -0.2) is 17.4 Å².